The van der Waals surface area contributed by atoms with Gasteiger partial charge in [0.1, 0.15) is 11.9 Å². The van der Waals surface area contributed by atoms with E-state index in [4.69, 9.17) is 4.74 Å². The molecule has 1 aliphatic heterocycles. The van der Waals surface area contributed by atoms with Crippen LogP contribution in [0.1, 0.15) is 54.7 Å². The van der Waals surface area contributed by atoms with E-state index in [0.717, 1.165) is 37.8 Å². The molecule has 1 aromatic carbocycles. The molecule has 1 N–H and O–H groups in total. The summed E-state index contributed by atoms with van der Waals surface area (Å²) in [7, 11) is 0. The number of aromatic amines is 1. The lowest BCUT2D eigenvalue weighted by molar-refractivity contribution is -0.0516. The maximum absolute atomic E-state index is 5.94. The van der Waals surface area contributed by atoms with Crippen LogP contribution in [0.25, 0.3) is 0 Å². The Morgan fingerprint density at radius 3 is 3.13 bits per heavy atom. The number of rotatable bonds is 3. The van der Waals surface area contributed by atoms with Gasteiger partial charge in [-0.05, 0) is 30.4 Å². The van der Waals surface area contributed by atoms with Crippen LogP contribution >= 0.6 is 0 Å². The Kier molecular flexibility index (Phi) is 4.14. The van der Waals surface area contributed by atoms with E-state index in [-0.39, 0.29) is 6.10 Å². The quantitative estimate of drug-likeness (QED) is 0.947. The average molecular weight is 312 g/mol. The second-order valence-corrected chi connectivity index (χ2v) is 6.46. The van der Waals surface area contributed by atoms with E-state index in [1.54, 1.807) is 0 Å². The largest absolute Gasteiger partial charge is 0.367 e. The summed E-state index contributed by atoms with van der Waals surface area (Å²) in [6.07, 6.45) is 4.57. The number of nitrogens with zero attached hydrogens (tertiary/aromatic N) is 3. The predicted octanol–water partition coefficient (Wildman–Crippen LogP) is 2.82. The molecule has 122 valence electrons. The van der Waals surface area contributed by atoms with Crippen LogP contribution in [0.4, 0.5) is 0 Å². The standard InChI is InChI=1S/C18H24N4O/c1-2-17-19-18(21-20-17)16-12-22(10-11-23-16)15-9-5-7-13-6-3-4-8-14(13)15/h3-4,6,8,15-16H,2,5,7,9-12H2,1H3,(H,19,20,21)/t15-,16-/m1/s1. The fraction of sp³-hybridized carbons (Fsp3) is 0.556. The smallest absolute Gasteiger partial charge is 0.180 e. The van der Waals surface area contributed by atoms with Gasteiger partial charge in [-0.3, -0.25) is 10.00 Å². The number of hydrogen-bond acceptors (Lipinski definition) is 4. The van der Waals surface area contributed by atoms with Crippen molar-refractivity contribution in [2.24, 2.45) is 0 Å². The Morgan fingerprint density at radius 2 is 2.26 bits per heavy atom. The number of nitrogens with one attached hydrogen (secondary N) is 1. The van der Waals surface area contributed by atoms with Gasteiger partial charge in [0.15, 0.2) is 5.82 Å². The minimum Gasteiger partial charge on any atom is -0.367 e. The number of morpholine rings is 1. The number of hydrogen-bond donors (Lipinski definition) is 1. The number of H-pyrrole nitrogens is 1. The van der Waals surface area contributed by atoms with Crippen LogP contribution in [0.15, 0.2) is 24.3 Å². The van der Waals surface area contributed by atoms with Gasteiger partial charge in [-0.2, -0.15) is 5.10 Å². The molecule has 23 heavy (non-hydrogen) atoms. The van der Waals surface area contributed by atoms with E-state index in [9.17, 15) is 0 Å². The molecule has 4 rings (SSSR count). The van der Waals surface area contributed by atoms with Crippen LogP contribution in [0, 0.1) is 0 Å². The van der Waals surface area contributed by atoms with Crippen molar-refractivity contribution in [3.63, 3.8) is 0 Å². The first-order valence-corrected chi connectivity index (χ1v) is 8.69. The lowest BCUT2D eigenvalue weighted by Crippen LogP contribution is -2.42. The summed E-state index contributed by atoms with van der Waals surface area (Å²) in [5.74, 6) is 1.74. The van der Waals surface area contributed by atoms with Crippen LogP contribution in [-0.2, 0) is 17.6 Å². The molecule has 1 aromatic heterocycles. The monoisotopic (exact) mass is 312 g/mol. The van der Waals surface area contributed by atoms with Gasteiger partial charge in [0.25, 0.3) is 0 Å². The van der Waals surface area contributed by atoms with Crippen LogP contribution in [0.2, 0.25) is 0 Å². The molecular weight excluding hydrogens is 288 g/mol. The van der Waals surface area contributed by atoms with E-state index in [1.807, 2.05) is 0 Å². The lowest BCUT2D eigenvalue weighted by Gasteiger charge is -2.40. The van der Waals surface area contributed by atoms with Crippen LogP contribution in [-0.4, -0.2) is 39.8 Å². The van der Waals surface area contributed by atoms with Crippen LogP contribution in [0.3, 0.4) is 0 Å². The van der Waals surface area contributed by atoms with Crippen LogP contribution in [0.5, 0.6) is 0 Å². The fourth-order valence-electron chi connectivity index (χ4n) is 3.83. The van der Waals surface area contributed by atoms with E-state index >= 15 is 0 Å². The molecule has 5 heteroatoms. The van der Waals surface area contributed by atoms with Gasteiger partial charge in [-0.25, -0.2) is 4.98 Å². The maximum atomic E-state index is 5.94. The highest BCUT2D eigenvalue weighted by molar-refractivity contribution is 5.32. The van der Waals surface area contributed by atoms with Gasteiger partial charge < -0.3 is 4.74 Å². The minimum absolute atomic E-state index is 0.0191. The molecule has 0 radical (unpaired) electrons. The third kappa shape index (κ3) is 2.91. The van der Waals surface area contributed by atoms with E-state index in [0.29, 0.717) is 6.04 Å². The van der Waals surface area contributed by atoms with E-state index in [1.165, 1.54) is 30.4 Å². The van der Waals surface area contributed by atoms with Gasteiger partial charge in [0.05, 0.1) is 6.61 Å². The zero-order valence-electron chi connectivity index (χ0n) is 13.7. The minimum atomic E-state index is -0.0191. The van der Waals surface area contributed by atoms with Gasteiger partial charge >= 0.3 is 0 Å². The summed E-state index contributed by atoms with van der Waals surface area (Å²) in [4.78, 5) is 7.12. The topological polar surface area (TPSA) is 54.0 Å². The highest BCUT2D eigenvalue weighted by Gasteiger charge is 2.32. The van der Waals surface area contributed by atoms with Gasteiger partial charge in [-0.1, -0.05) is 31.2 Å². The summed E-state index contributed by atoms with van der Waals surface area (Å²) in [5.41, 5.74) is 3.02. The molecule has 0 spiro atoms. The van der Waals surface area contributed by atoms with Crippen LogP contribution < -0.4 is 0 Å². The summed E-state index contributed by atoms with van der Waals surface area (Å²) in [6.45, 7) is 4.69. The average Bonchev–Trinajstić information content (AvgIpc) is 3.11. The van der Waals surface area contributed by atoms with Crippen molar-refractivity contribution < 1.29 is 4.74 Å². The number of aromatic nitrogens is 3. The summed E-state index contributed by atoms with van der Waals surface area (Å²) in [6, 6.07) is 9.41. The molecular formula is C18H24N4O. The molecule has 1 aliphatic carbocycles. The summed E-state index contributed by atoms with van der Waals surface area (Å²) in [5, 5.41) is 7.35. The molecule has 0 bridgehead atoms. The maximum Gasteiger partial charge on any atom is 0.180 e. The Balaban J connectivity index is 1.54. The molecule has 2 heterocycles. The molecule has 2 aromatic rings. The first-order valence-electron chi connectivity index (χ1n) is 8.69. The third-order valence-corrected chi connectivity index (χ3v) is 5.05. The van der Waals surface area contributed by atoms with E-state index < -0.39 is 0 Å². The predicted molar refractivity (Wildman–Crippen MR) is 88.1 cm³/mol. The Hall–Kier alpha value is -1.72. The van der Waals surface area contributed by atoms with Gasteiger partial charge in [-0.15, -0.1) is 0 Å². The second kappa shape index (κ2) is 6.42. The third-order valence-electron chi connectivity index (χ3n) is 5.05. The first kappa shape index (κ1) is 14.8. The molecule has 1 saturated heterocycles. The molecule has 0 unspecified atom stereocenters. The lowest BCUT2D eigenvalue weighted by atomic mass is 9.86. The van der Waals surface area contributed by atoms with Crippen molar-refractivity contribution in [1.82, 2.24) is 20.1 Å². The second-order valence-electron chi connectivity index (χ2n) is 6.46. The Labute approximate surface area is 137 Å². The van der Waals surface area contributed by atoms with Crippen molar-refractivity contribution in [2.75, 3.05) is 19.7 Å². The molecule has 2 aliphatic rings. The van der Waals surface area contributed by atoms with Crippen molar-refractivity contribution in [1.29, 1.82) is 0 Å². The van der Waals surface area contributed by atoms with Crippen molar-refractivity contribution >= 4 is 0 Å². The van der Waals surface area contributed by atoms with Crippen molar-refractivity contribution in [2.45, 2.75) is 44.8 Å². The van der Waals surface area contributed by atoms with Crippen molar-refractivity contribution in [3.8, 4) is 0 Å². The Morgan fingerprint density at radius 1 is 1.35 bits per heavy atom. The van der Waals surface area contributed by atoms with E-state index in [2.05, 4.69) is 51.3 Å². The normalized spacial score (nSPS) is 25.3. The molecule has 1 fully saturated rings. The molecule has 0 saturated carbocycles. The Bertz CT molecular complexity index is 669. The molecule has 2 atom stereocenters. The van der Waals surface area contributed by atoms with Gasteiger partial charge in [0, 0.05) is 25.6 Å². The SMILES string of the molecule is CCc1nc([C@H]2CN([C@@H]3CCCc4ccccc43)CCO2)n[nH]1. The highest BCUT2D eigenvalue weighted by Crippen LogP contribution is 2.36. The highest BCUT2D eigenvalue weighted by atomic mass is 16.5. The number of fused-ring (bicyclic) bond motifs is 1. The number of benzene rings is 1. The zero-order chi connectivity index (χ0) is 15.6. The van der Waals surface area contributed by atoms with Crippen molar-refractivity contribution in [3.05, 3.63) is 47.0 Å². The molecule has 5 nitrogen and oxygen atoms in total. The summed E-state index contributed by atoms with van der Waals surface area (Å²) >= 11 is 0. The fourth-order valence-corrected chi connectivity index (χ4v) is 3.83. The molecule has 0 amide bonds. The number of ether oxygens (including phenoxy) is 1. The van der Waals surface area contributed by atoms with Gasteiger partial charge in [0.2, 0.25) is 0 Å². The summed E-state index contributed by atoms with van der Waals surface area (Å²) < 4.78 is 5.94. The zero-order valence-corrected chi connectivity index (χ0v) is 13.7. The number of aryl methyl sites for hydroxylation is 2. The first-order chi connectivity index (χ1) is 11.3.